The molecule has 2 aromatic rings. The quantitative estimate of drug-likeness (QED) is 0.515. The average Bonchev–Trinajstić information content (AvgIpc) is 2.71. The molecule has 0 aliphatic heterocycles. The highest BCUT2D eigenvalue weighted by Crippen LogP contribution is 2.27. The molecule has 0 aliphatic rings. The predicted octanol–water partition coefficient (Wildman–Crippen LogP) is 3.18. The third-order valence-electron chi connectivity index (χ3n) is 4.31. The smallest absolute Gasteiger partial charge is 0.335 e. The molecule has 0 saturated heterocycles. The second-order valence-corrected chi connectivity index (χ2v) is 7.49. The van der Waals surface area contributed by atoms with E-state index < -0.39 is 23.8 Å². The molecule has 1 atom stereocenters. The Morgan fingerprint density at radius 2 is 1.90 bits per heavy atom. The number of carboxylic acid groups (broad SMARTS) is 1. The molecule has 0 radical (unpaired) electrons. The largest absolute Gasteiger partial charge is 0.478 e. The zero-order valence-corrected chi connectivity index (χ0v) is 17.5. The lowest BCUT2D eigenvalue weighted by molar-refractivity contribution is -0.129. The summed E-state index contributed by atoms with van der Waals surface area (Å²) in [5.74, 6) is -1.94. The molecule has 2 rings (SSSR count). The fourth-order valence-corrected chi connectivity index (χ4v) is 3.04. The van der Waals surface area contributed by atoms with Gasteiger partial charge >= 0.3 is 5.97 Å². The number of nitriles is 1. The molecule has 30 heavy (non-hydrogen) atoms. The number of benzene rings is 1. The van der Waals surface area contributed by atoms with Crippen molar-refractivity contribution >= 4 is 29.4 Å². The van der Waals surface area contributed by atoms with Crippen LogP contribution in [0.2, 0.25) is 5.02 Å². The molecule has 1 aromatic heterocycles. The highest BCUT2D eigenvalue weighted by atomic mass is 35.5. The second-order valence-electron chi connectivity index (χ2n) is 7.08. The number of carbonyl (C=O) groups excluding carboxylic acids is 2. The highest BCUT2D eigenvalue weighted by Gasteiger charge is 2.25. The number of aromatic carboxylic acids is 1. The third kappa shape index (κ3) is 5.55. The maximum atomic E-state index is 12.6. The zero-order chi connectivity index (χ0) is 22.4. The van der Waals surface area contributed by atoms with Crippen LogP contribution in [-0.2, 0) is 4.79 Å². The van der Waals surface area contributed by atoms with E-state index in [1.807, 2.05) is 13.8 Å². The average molecular weight is 429 g/mol. The van der Waals surface area contributed by atoms with Crippen molar-refractivity contribution in [2.24, 2.45) is 5.92 Å². The van der Waals surface area contributed by atoms with Crippen molar-refractivity contribution in [3.63, 3.8) is 0 Å². The van der Waals surface area contributed by atoms with Crippen LogP contribution in [0.25, 0.3) is 11.3 Å². The van der Waals surface area contributed by atoms with Gasteiger partial charge in [-0.15, -0.1) is 0 Å². The summed E-state index contributed by atoms with van der Waals surface area (Å²) in [6.45, 7) is 3.82. The third-order valence-corrected chi connectivity index (χ3v) is 4.62. The first-order valence-corrected chi connectivity index (χ1v) is 9.49. The molecule has 9 heteroatoms. The SMILES string of the molecule is CC(C)C[C@H](NC(=O)c1ccc(-c2ccc(C(=O)O)cc2Cl)nc1)C(=O)N(C)C#N. The molecule has 0 unspecified atom stereocenters. The lowest BCUT2D eigenvalue weighted by atomic mass is 10.0. The summed E-state index contributed by atoms with van der Waals surface area (Å²) in [5.41, 5.74) is 1.28. The van der Waals surface area contributed by atoms with Crippen LogP contribution in [0.3, 0.4) is 0 Å². The lowest BCUT2D eigenvalue weighted by Crippen LogP contribution is -2.46. The van der Waals surface area contributed by atoms with Gasteiger partial charge in [0.2, 0.25) is 0 Å². The van der Waals surface area contributed by atoms with Gasteiger partial charge < -0.3 is 10.4 Å². The molecule has 0 fully saturated rings. The molecule has 1 heterocycles. The van der Waals surface area contributed by atoms with Crippen molar-refractivity contribution < 1.29 is 19.5 Å². The highest BCUT2D eigenvalue weighted by molar-refractivity contribution is 6.33. The summed E-state index contributed by atoms with van der Waals surface area (Å²) in [4.78, 5) is 41.1. The Morgan fingerprint density at radius 3 is 2.40 bits per heavy atom. The molecule has 0 aliphatic carbocycles. The van der Waals surface area contributed by atoms with E-state index in [1.165, 1.54) is 31.4 Å². The molecule has 2 amide bonds. The number of pyridine rings is 1. The number of nitrogens with one attached hydrogen (secondary N) is 1. The number of carbonyl (C=O) groups is 3. The van der Waals surface area contributed by atoms with Crippen LogP contribution in [0, 0.1) is 17.4 Å². The lowest BCUT2D eigenvalue weighted by Gasteiger charge is -2.21. The predicted molar refractivity (Wildman–Crippen MR) is 111 cm³/mol. The van der Waals surface area contributed by atoms with Crippen LogP contribution in [-0.4, -0.2) is 45.9 Å². The van der Waals surface area contributed by atoms with Gasteiger partial charge in [0, 0.05) is 18.8 Å². The summed E-state index contributed by atoms with van der Waals surface area (Å²) < 4.78 is 0. The number of carboxylic acids is 1. The van der Waals surface area contributed by atoms with Gasteiger partial charge in [-0.05, 0) is 36.6 Å². The van der Waals surface area contributed by atoms with Crippen LogP contribution < -0.4 is 5.32 Å². The maximum Gasteiger partial charge on any atom is 0.335 e. The summed E-state index contributed by atoms with van der Waals surface area (Å²) >= 11 is 6.15. The number of hydrogen-bond acceptors (Lipinski definition) is 5. The number of nitrogens with zero attached hydrogens (tertiary/aromatic N) is 3. The fraction of sp³-hybridized carbons (Fsp3) is 0.286. The fourth-order valence-electron chi connectivity index (χ4n) is 2.76. The van der Waals surface area contributed by atoms with Crippen LogP contribution in [0.5, 0.6) is 0 Å². The molecule has 0 bridgehead atoms. The van der Waals surface area contributed by atoms with Gasteiger partial charge in [-0.2, -0.15) is 5.26 Å². The molecule has 2 N–H and O–H groups in total. The molecule has 156 valence electrons. The minimum Gasteiger partial charge on any atom is -0.478 e. The van der Waals surface area contributed by atoms with E-state index in [1.54, 1.807) is 18.3 Å². The molecule has 1 aromatic carbocycles. The molecular weight excluding hydrogens is 408 g/mol. The Hall–Kier alpha value is -3.44. The monoisotopic (exact) mass is 428 g/mol. The van der Waals surface area contributed by atoms with Crippen molar-refractivity contribution in [1.29, 1.82) is 5.26 Å². The zero-order valence-electron chi connectivity index (χ0n) is 16.7. The molecular formula is C21H21ClN4O4. The van der Waals surface area contributed by atoms with Gasteiger partial charge in [-0.1, -0.05) is 31.5 Å². The second kappa shape index (κ2) is 9.85. The van der Waals surface area contributed by atoms with Gasteiger partial charge in [0.15, 0.2) is 6.19 Å². The summed E-state index contributed by atoms with van der Waals surface area (Å²) in [5, 5.41) is 20.8. The van der Waals surface area contributed by atoms with E-state index in [0.717, 1.165) is 4.90 Å². The topological polar surface area (TPSA) is 123 Å². The van der Waals surface area contributed by atoms with Gasteiger partial charge in [0.1, 0.15) is 6.04 Å². The van der Waals surface area contributed by atoms with E-state index >= 15 is 0 Å². The van der Waals surface area contributed by atoms with E-state index in [4.69, 9.17) is 22.0 Å². The first kappa shape index (κ1) is 22.8. The Morgan fingerprint density at radius 1 is 1.23 bits per heavy atom. The maximum absolute atomic E-state index is 12.6. The number of halogens is 1. The molecule has 8 nitrogen and oxygen atoms in total. The number of amides is 2. The van der Waals surface area contributed by atoms with E-state index in [0.29, 0.717) is 17.7 Å². The summed E-state index contributed by atoms with van der Waals surface area (Å²) in [6.07, 6.45) is 3.47. The van der Waals surface area contributed by atoms with E-state index in [2.05, 4.69) is 10.3 Å². The summed E-state index contributed by atoms with van der Waals surface area (Å²) in [6, 6.07) is 6.57. The van der Waals surface area contributed by atoms with Crippen molar-refractivity contribution in [1.82, 2.24) is 15.2 Å². The standard InChI is InChI=1S/C21H21ClN4O4/c1-12(2)8-18(20(28)26(3)11-23)25-19(27)14-5-7-17(24-10-14)15-6-4-13(21(29)30)9-16(15)22/h4-7,9-10,12,18H,8H2,1-3H3,(H,25,27)(H,29,30)/t18-/m0/s1. The van der Waals surface area contributed by atoms with Gasteiger partial charge in [0.25, 0.3) is 11.8 Å². The minimum atomic E-state index is -1.09. The van der Waals surface area contributed by atoms with Crippen molar-refractivity contribution in [2.75, 3.05) is 7.05 Å². The van der Waals surface area contributed by atoms with Crippen molar-refractivity contribution in [3.8, 4) is 17.5 Å². The number of aromatic nitrogens is 1. The van der Waals surface area contributed by atoms with Crippen LogP contribution in [0.1, 0.15) is 41.0 Å². The Kier molecular flexibility index (Phi) is 7.50. The van der Waals surface area contributed by atoms with Crippen molar-refractivity contribution in [3.05, 3.63) is 52.7 Å². The first-order valence-electron chi connectivity index (χ1n) is 9.11. The van der Waals surface area contributed by atoms with Crippen LogP contribution >= 0.6 is 11.6 Å². The van der Waals surface area contributed by atoms with Gasteiger partial charge in [-0.25, -0.2) is 4.79 Å². The van der Waals surface area contributed by atoms with Gasteiger partial charge in [0.05, 0.1) is 21.8 Å². The normalized spacial score (nSPS) is 11.5. The molecule has 0 saturated carbocycles. The number of hydrogen-bond donors (Lipinski definition) is 2. The summed E-state index contributed by atoms with van der Waals surface area (Å²) in [7, 11) is 1.34. The first-order chi connectivity index (χ1) is 14.1. The van der Waals surface area contributed by atoms with Gasteiger partial charge in [-0.3, -0.25) is 19.5 Å². The van der Waals surface area contributed by atoms with Crippen LogP contribution in [0.15, 0.2) is 36.5 Å². The van der Waals surface area contributed by atoms with Crippen molar-refractivity contribution in [2.45, 2.75) is 26.3 Å². The Labute approximate surface area is 179 Å². The number of likely N-dealkylation sites (N-methyl/N-ethyl adjacent to an activating group) is 1. The number of rotatable bonds is 7. The molecule has 0 spiro atoms. The van der Waals surface area contributed by atoms with E-state index in [-0.39, 0.29) is 22.1 Å². The van der Waals surface area contributed by atoms with Crippen LogP contribution in [0.4, 0.5) is 0 Å². The Bertz CT molecular complexity index is 999. The van der Waals surface area contributed by atoms with E-state index in [9.17, 15) is 14.4 Å². The minimum absolute atomic E-state index is 0.0583. The Balaban J connectivity index is 2.20.